The number of halogens is 3. The Morgan fingerprint density at radius 3 is 2.33 bits per heavy atom. The van der Waals surface area contributed by atoms with Crippen LogP contribution < -0.4 is 5.32 Å². The van der Waals surface area contributed by atoms with E-state index in [-0.39, 0.29) is 17.8 Å². The molecule has 7 heteroatoms. The summed E-state index contributed by atoms with van der Waals surface area (Å²) in [7, 11) is 1.17. The maximum absolute atomic E-state index is 12.4. The van der Waals surface area contributed by atoms with Crippen LogP contribution in [0.1, 0.15) is 20.3 Å². The summed E-state index contributed by atoms with van der Waals surface area (Å²) in [6.45, 7) is 2.85. The van der Waals surface area contributed by atoms with E-state index >= 15 is 0 Å². The molecule has 1 aliphatic carbocycles. The molecule has 0 aromatic rings. The molecule has 0 bridgehead atoms. The monoisotopic (exact) mass is 265 g/mol. The number of ether oxygens (including phenoxy) is 1. The first-order chi connectivity index (χ1) is 8.09. The molecule has 4 nitrogen and oxygen atoms in total. The zero-order chi connectivity index (χ0) is 14.1. The third-order valence-electron chi connectivity index (χ3n) is 2.76. The summed E-state index contributed by atoms with van der Waals surface area (Å²) in [5.41, 5.74) is -0.975. The highest BCUT2D eigenvalue weighted by Gasteiger charge is 2.51. The van der Waals surface area contributed by atoms with Gasteiger partial charge in [0.1, 0.15) is 6.54 Å². The Morgan fingerprint density at radius 1 is 1.39 bits per heavy atom. The lowest BCUT2D eigenvalue weighted by Crippen LogP contribution is -2.43. The Hall–Kier alpha value is -1.53. The van der Waals surface area contributed by atoms with Gasteiger partial charge in [-0.15, -0.1) is 0 Å². The van der Waals surface area contributed by atoms with Gasteiger partial charge in [0.05, 0.1) is 7.11 Å². The van der Waals surface area contributed by atoms with E-state index < -0.39 is 23.3 Å². The van der Waals surface area contributed by atoms with Crippen molar-refractivity contribution in [3.63, 3.8) is 0 Å². The van der Waals surface area contributed by atoms with Crippen molar-refractivity contribution in [2.45, 2.75) is 26.4 Å². The molecule has 1 N–H and O–H groups in total. The highest BCUT2D eigenvalue weighted by atomic mass is 19.4. The standard InChI is InChI=1S/C11H14F3NO3/c1-10(2)4-6(15-5-7(16)18-3)8(10)9(17)11(12,13)14/h15H,4-5H2,1-3H3. The Labute approximate surface area is 102 Å². The zero-order valence-electron chi connectivity index (χ0n) is 10.3. The van der Waals surface area contributed by atoms with Crippen LogP contribution in [0.4, 0.5) is 13.2 Å². The lowest BCUT2D eigenvalue weighted by Gasteiger charge is -2.40. The first-order valence-corrected chi connectivity index (χ1v) is 5.25. The fraction of sp³-hybridized carbons (Fsp3) is 0.636. The van der Waals surface area contributed by atoms with E-state index in [0.29, 0.717) is 6.42 Å². The molecule has 0 saturated carbocycles. The van der Waals surface area contributed by atoms with Gasteiger partial charge in [-0.3, -0.25) is 9.59 Å². The third-order valence-corrected chi connectivity index (χ3v) is 2.76. The minimum Gasteiger partial charge on any atom is -0.468 e. The molecule has 0 fully saturated rings. The molecular formula is C11H14F3NO3. The van der Waals surface area contributed by atoms with Crippen molar-refractivity contribution in [2.24, 2.45) is 5.41 Å². The van der Waals surface area contributed by atoms with E-state index in [1.165, 1.54) is 7.11 Å². The van der Waals surface area contributed by atoms with Crippen molar-refractivity contribution in [2.75, 3.05) is 13.7 Å². The summed E-state index contributed by atoms with van der Waals surface area (Å²) in [5.74, 6) is -2.46. The van der Waals surface area contributed by atoms with Gasteiger partial charge in [0.15, 0.2) is 0 Å². The summed E-state index contributed by atoms with van der Waals surface area (Å²) < 4.78 is 41.6. The van der Waals surface area contributed by atoms with Crippen LogP contribution in [0.2, 0.25) is 0 Å². The normalized spacial score (nSPS) is 18.1. The van der Waals surface area contributed by atoms with Gasteiger partial charge in [0, 0.05) is 16.7 Å². The predicted octanol–water partition coefficient (Wildman–Crippen LogP) is 1.56. The molecule has 0 heterocycles. The molecule has 0 aliphatic heterocycles. The second kappa shape index (κ2) is 4.62. The summed E-state index contributed by atoms with van der Waals surface area (Å²) >= 11 is 0. The molecule has 0 unspecified atom stereocenters. The fourth-order valence-corrected chi connectivity index (χ4v) is 1.91. The van der Waals surface area contributed by atoms with Crippen LogP contribution in [-0.4, -0.2) is 31.6 Å². The van der Waals surface area contributed by atoms with Crippen LogP contribution >= 0.6 is 0 Å². The number of carbonyl (C=O) groups is 2. The maximum Gasteiger partial charge on any atom is 0.454 e. The first kappa shape index (κ1) is 14.5. The average molecular weight is 265 g/mol. The van der Waals surface area contributed by atoms with Crippen molar-refractivity contribution < 1.29 is 27.5 Å². The van der Waals surface area contributed by atoms with Gasteiger partial charge in [-0.2, -0.15) is 13.2 Å². The van der Waals surface area contributed by atoms with Crippen molar-refractivity contribution in [1.29, 1.82) is 0 Å². The van der Waals surface area contributed by atoms with Crippen molar-refractivity contribution >= 4 is 11.8 Å². The molecule has 0 amide bonds. The number of hydrogen-bond donors (Lipinski definition) is 1. The second-order valence-corrected chi connectivity index (χ2v) is 4.67. The van der Waals surface area contributed by atoms with Crippen molar-refractivity contribution in [3.8, 4) is 0 Å². The largest absolute Gasteiger partial charge is 0.468 e. The minimum atomic E-state index is -4.90. The van der Waals surface area contributed by atoms with Gasteiger partial charge in [0.2, 0.25) is 0 Å². The number of nitrogens with one attached hydrogen (secondary N) is 1. The molecular weight excluding hydrogens is 251 g/mol. The number of hydrogen-bond acceptors (Lipinski definition) is 4. The quantitative estimate of drug-likeness (QED) is 0.784. The molecule has 0 spiro atoms. The smallest absolute Gasteiger partial charge is 0.454 e. The Morgan fingerprint density at radius 2 is 1.94 bits per heavy atom. The van der Waals surface area contributed by atoms with Crippen LogP contribution in [0, 0.1) is 5.41 Å². The first-order valence-electron chi connectivity index (χ1n) is 5.25. The Kier molecular flexibility index (Phi) is 3.73. The van der Waals surface area contributed by atoms with Crippen molar-refractivity contribution in [3.05, 3.63) is 11.3 Å². The number of esters is 1. The van der Waals surface area contributed by atoms with Gasteiger partial charge in [-0.25, -0.2) is 0 Å². The molecule has 0 radical (unpaired) electrons. The van der Waals surface area contributed by atoms with Gasteiger partial charge >= 0.3 is 12.1 Å². The summed E-state index contributed by atoms with van der Waals surface area (Å²) in [6, 6.07) is 0. The molecule has 0 atom stereocenters. The summed E-state index contributed by atoms with van der Waals surface area (Å²) in [5, 5.41) is 2.51. The van der Waals surface area contributed by atoms with E-state index in [9.17, 15) is 22.8 Å². The van der Waals surface area contributed by atoms with Crippen LogP contribution in [0.5, 0.6) is 0 Å². The van der Waals surface area contributed by atoms with E-state index in [2.05, 4.69) is 10.1 Å². The fourth-order valence-electron chi connectivity index (χ4n) is 1.91. The van der Waals surface area contributed by atoms with E-state index in [4.69, 9.17) is 0 Å². The third kappa shape index (κ3) is 2.83. The SMILES string of the molecule is COC(=O)CNC1=C(C(=O)C(F)(F)F)C(C)(C)C1. The van der Waals surface area contributed by atoms with Crippen LogP contribution in [0.3, 0.4) is 0 Å². The lowest BCUT2D eigenvalue weighted by molar-refractivity contribution is -0.168. The number of Topliss-reactive ketones (excluding diaryl/α,β-unsaturated/α-hetero) is 1. The van der Waals surface area contributed by atoms with Crippen molar-refractivity contribution in [1.82, 2.24) is 5.32 Å². The number of methoxy groups -OCH3 is 1. The highest BCUT2D eigenvalue weighted by Crippen LogP contribution is 2.47. The summed E-state index contributed by atoms with van der Waals surface area (Å²) in [4.78, 5) is 22.1. The van der Waals surface area contributed by atoms with Gasteiger partial charge in [-0.05, 0) is 6.42 Å². The highest BCUT2D eigenvalue weighted by molar-refractivity contribution is 6.02. The van der Waals surface area contributed by atoms with E-state index in [1.54, 1.807) is 13.8 Å². The molecule has 1 rings (SSSR count). The topological polar surface area (TPSA) is 55.4 Å². The predicted molar refractivity (Wildman–Crippen MR) is 56.5 cm³/mol. The Bertz CT molecular complexity index is 410. The van der Waals surface area contributed by atoms with Gasteiger partial charge < -0.3 is 10.1 Å². The zero-order valence-corrected chi connectivity index (χ0v) is 10.3. The van der Waals surface area contributed by atoms with Crippen LogP contribution in [0.15, 0.2) is 11.3 Å². The number of ketones is 1. The van der Waals surface area contributed by atoms with E-state index in [0.717, 1.165) is 0 Å². The second-order valence-electron chi connectivity index (χ2n) is 4.67. The Balaban J connectivity index is 2.88. The van der Waals surface area contributed by atoms with Gasteiger partial charge in [0.25, 0.3) is 5.78 Å². The number of alkyl halides is 3. The average Bonchev–Trinajstić information content (AvgIpc) is 2.21. The molecule has 18 heavy (non-hydrogen) atoms. The maximum atomic E-state index is 12.4. The minimum absolute atomic E-state index is 0.160. The van der Waals surface area contributed by atoms with Crippen LogP contribution in [0.25, 0.3) is 0 Å². The molecule has 0 aromatic carbocycles. The summed E-state index contributed by atoms with van der Waals surface area (Å²) in [6.07, 6.45) is -4.60. The van der Waals surface area contributed by atoms with E-state index in [1.807, 2.05) is 0 Å². The molecule has 0 saturated heterocycles. The number of carbonyl (C=O) groups excluding carboxylic acids is 2. The molecule has 0 aromatic heterocycles. The van der Waals surface area contributed by atoms with Crippen LogP contribution in [-0.2, 0) is 14.3 Å². The number of rotatable bonds is 4. The molecule has 1 aliphatic rings. The lowest BCUT2D eigenvalue weighted by atomic mass is 9.67. The van der Waals surface area contributed by atoms with Gasteiger partial charge in [-0.1, -0.05) is 13.8 Å². The number of allylic oxidation sites excluding steroid dienone is 2. The molecule has 102 valence electrons.